The molecule has 0 aromatic rings. The first-order chi connectivity index (χ1) is 7.41. The molecule has 94 valence electrons. The molecule has 16 heavy (non-hydrogen) atoms. The molecule has 1 heterocycles. The topological polar surface area (TPSA) is 87.7 Å². The van der Waals surface area contributed by atoms with Gasteiger partial charge in [-0.25, -0.2) is 0 Å². The van der Waals surface area contributed by atoms with Crippen LogP contribution in [0.25, 0.3) is 0 Å². The molecule has 2 aliphatic rings. The van der Waals surface area contributed by atoms with Gasteiger partial charge >= 0.3 is 0 Å². The average Bonchev–Trinajstić information content (AvgIpc) is 2.92. The van der Waals surface area contributed by atoms with Crippen molar-refractivity contribution in [3.8, 4) is 0 Å². The van der Waals surface area contributed by atoms with Gasteiger partial charge in [0.2, 0.25) is 0 Å². The van der Waals surface area contributed by atoms with E-state index >= 15 is 0 Å². The Morgan fingerprint density at radius 1 is 1.50 bits per heavy atom. The molecule has 2 atom stereocenters. The van der Waals surface area contributed by atoms with E-state index < -0.39 is 15.8 Å². The Kier molecular flexibility index (Phi) is 3.24. The molecule has 0 amide bonds. The molecule has 2 unspecified atom stereocenters. The Hall–Kier alpha value is -0.210. The highest BCUT2D eigenvalue weighted by Gasteiger charge is 2.40. The van der Waals surface area contributed by atoms with Crippen molar-refractivity contribution in [3.05, 3.63) is 0 Å². The van der Waals surface area contributed by atoms with Crippen molar-refractivity contribution < 1.29 is 18.3 Å². The lowest BCUT2D eigenvalue weighted by molar-refractivity contribution is -0.0228. The van der Waals surface area contributed by atoms with Gasteiger partial charge in [0.15, 0.2) is 0 Å². The third kappa shape index (κ3) is 2.92. The van der Waals surface area contributed by atoms with E-state index in [1.54, 1.807) is 6.92 Å². The van der Waals surface area contributed by atoms with Crippen LogP contribution in [0, 0.1) is 0 Å². The number of hydrogen-bond donors (Lipinski definition) is 3. The summed E-state index contributed by atoms with van der Waals surface area (Å²) in [6.45, 7) is 2.21. The minimum absolute atomic E-state index is 0.00375. The van der Waals surface area contributed by atoms with E-state index in [1.165, 1.54) is 0 Å². The van der Waals surface area contributed by atoms with Gasteiger partial charge in [-0.2, -0.15) is 17.9 Å². The van der Waals surface area contributed by atoms with E-state index in [2.05, 4.69) is 9.44 Å². The fourth-order valence-electron chi connectivity index (χ4n) is 1.69. The fourth-order valence-corrected chi connectivity index (χ4v) is 2.88. The first kappa shape index (κ1) is 12.3. The van der Waals surface area contributed by atoms with Crippen molar-refractivity contribution in [1.29, 1.82) is 0 Å². The van der Waals surface area contributed by atoms with E-state index in [1.807, 2.05) is 0 Å². The molecular weight excluding hydrogens is 232 g/mol. The Morgan fingerprint density at radius 3 is 2.69 bits per heavy atom. The van der Waals surface area contributed by atoms with Crippen LogP contribution in [0.5, 0.6) is 0 Å². The van der Waals surface area contributed by atoms with Crippen LogP contribution in [0.3, 0.4) is 0 Å². The summed E-state index contributed by atoms with van der Waals surface area (Å²) in [4.78, 5) is 0. The first-order valence-electron chi connectivity index (χ1n) is 5.52. The third-order valence-corrected chi connectivity index (χ3v) is 4.30. The lowest BCUT2D eigenvalue weighted by Crippen LogP contribution is -2.50. The van der Waals surface area contributed by atoms with Crippen LogP contribution in [0.15, 0.2) is 0 Å². The van der Waals surface area contributed by atoms with Crippen LogP contribution >= 0.6 is 0 Å². The second-order valence-corrected chi connectivity index (χ2v) is 6.11. The maximum Gasteiger partial charge on any atom is 0.277 e. The molecule has 1 aliphatic heterocycles. The van der Waals surface area contributed by atoms with Gasteiger partial charge in [0, 0.05) is 25.6 Å². The quantitative estimate of drug-likeness (QED) is 0.591. The minimum atomic E-state index is -3.48. The summed E-state index contributed by atoms with van der Waals surface area (Å²) < 4.78 is 33.1. The monoisotopic (exact) mass is 250 g/mol. The summed E-state index contributed by atoms with van der Waals surface area (Å²) in [7, 11) is -3.48. The number of aliphatic hydroxyl groups is 1. The number of ether oxygens (including phenoxy) is 1. The van der Waals surface area contributed by atoms with Gasteiger partial charge in [-0.1, -0.05) is 0 Å². The normalized spacial score (nSPS) is 35.5. The van der Waals surface area contributed by atoms with E-state index in [0.717, 1.165) is 12.8 Å². The molecular formula is C9H18N2O4S. The lowest BCUT2D eigenvalue weighted by atomic mass is 9.97. The van der Waals surface area contributed by atoms with Gasteiger partial charge in [-0.3, -0.25) is 0 Å². The van der Waals surface area contributed by atoms with Crippen LogP contribution in [0.1, 0.15) is 26.2 Å². The largest absolute Gasteiger partial charge is 0.386 e. The van der Waals surface area contributed by atoms with E-state index in [9.17, 15) is 13.5 Å². The van der Waals surface area contributed by atoms with Crippen LogP contribution in [-0.4, -0.2) is 44.4 Å². The molecule has 0 bridgehead atoms. The lowest BCUT2D eigenvalue weighted by Gasteiger charge is -2.26. The third-order valence-electron chi connectivity index (χ3n) is 3.13. The fraction of sp³-hybridized carbons (Fsp3) is 1.00. The molecule has 0 radical (unpaired) electrons. The molecule has 7 heteroatoms. The zero-order chi connectivity index (χ0) is 11.8. The number of hydrogen-bond acceptors (Lipinski definition) is 4. The summed E-state index contributed by atoms with van der Waals surface area (Å²) in [5.41, 5.74) is -1.09. The zero-order valence-corrected chi connectivity index (χ0v) is 10.1. The molecule has 0 aromatic carbocycles. The maximum absolute atomic E-state index is 11.5. The van der Waals surface area contributed by atoms with Crippen LogP contribution in [0.4, 0.5) is 0 Å². The average molecular weight is 250 g/mol. The minimum Gasteiger partial charge on any atom is -0.386 e. The Bertz CT molecular complexity index is 355. The van der Waals surface area contributed by atoms with Gasteiger partial charge < -0.3 is 9.84 Å². The highest BCUT2D eigenvalue weighted by Crippen LogP contribution is 2.25. The van der Waals surface area contributed by atoms with Crippen LogP contribution < -0.4 is 9.44 Å². The molecule has 1 aliphatic carbocycles. The van der Waals surface area contributed by atoms with Crippen molar-refractivity contribution in [1.82, 2.24) is 9.44 Å². The number of rotatable bonds is 5. The molecule has 2 rings (SSSR count). The van der Waals surface area contributed by atoms with Crippen molar-refractivity contribution in [2.75, 3.05) is 13.2 Å². The number of nitrogens with one attached hydrogen (secondary N) is 2. The predicted molar refractivity (Wildman–Crippen MR) is 58.1 cm³/mol. The van der Waals surface area contributed by atoms with E-state index in [0.29, 0.717) is 13.0 Å². The highest BCUT2D eigenvalue weighted by atomic mass is 32.2. The van der Waals surface area contributed by atoms with Gasteiger partial charge in [-0.05, 0) is 19.8 Å². The van der Waals surface area contributed by atoms with Crippen molar-refractivity contribution in [2.45, 2.75) is 43.9 Å². The van der Waals surface area contributed by atoms with Gasteiger partial charge in [0.05, 0.1) is 6.10 Å². The molecule has 1 saturated heterocycles. The van der Waals surface area contributed by atoms with Crippen LogP contribution in [-0.2, 0) is 14.9 Å². The van der Waals surface area contributed by atoms with Crippen LogP contribution in [0.2, 0.25) is 0 Å². The summed E-state index contributed by atoms with van der Waals surface area (Å²) in [5.74, 6) is 0. The standard InChI is InChI=1S/C9H18N2O4S/c1-7-9(12,4-5-15-7)6-10-16(13,14)11-8-2-3-8/h7-8,10-12H,2-6H2,1H3. The second kappa shape index (κ2) is 4.23. The van der Waals surface area contributed by atoms with Crippen molar-refractivity contribution in [3.63, 3.8) is 0 Å². The smallest absolute Gasteiger partial charge is 0.277 e. The molecule has 6 nitrogen and oxygen atoms in total. The highest BCUT2D eigenvalue weighted by molar-refractivity contribution is 7.87. The summed E-state index contributed by atoms with van der Waals surface area (Å²) in [6.07, 6.45) is 1.91. The second-order valence-electron chi connectivity index (χ2n) is 4.58. The Balaban J connectivity index is 1.85. The molecule has 1 saturated carbocycles. The predicted octanol–water partition coefficient (Wildman–Crippen LogP) is -0.887. The summed E-state index contributed by atoms with van der Waals surface area (Å²) in [6, 6.07) is 0.0735. The summed E-state index contributed by atoms with van der Waals surface area (Å²) in [5, 5.41) is 10.1. The van der Waals surface area contributed by atoms with Gasteiger partial charge in [0.1, 0.15) is 5.60 Å². The maximum atomic E-state index is 11.5. The Morgan fingerprint density at radius 2 is 2.19 bits per heavy atom. The van der Waals surface area contributed by atoms with Gasteiger partial charge in [-0.15, -0.1) is 0 Å². The molecule has 0 spiro atoms. The van der Waals surface area contributed by atoms with Crippen molar-refractivity contribution in [2.24, 2.45) is 0 Å². The zero-order valence-electron chi connectivity index (χ0n) is 9.27. The Labute approximate surface area is 95.6 Å². The van der Waals surface area contributed by atoms with Gasteiger partial charge in [0.25, 0.3) is 10.2 Å². The van der Waals surface area contributed by atoms with E-state index in [4.69, 9.17) is 4.74 Å². The molecule has 0 aromatic heterocycles. The van der Waals surface area contributed by atoms with E-state index in [-0.39, 0.29) is 18.7 Å². The van der Waals surface area contributed by atoms with Crippen molar-refractivity contribution >= 4 is 10.2 Å². The molecule has 3 N–H and O–H groups in total. The first-order valence-corrected chi connectivity index (χ1v) is 7.00. The molecule has 2 fully saturated rings. The summed E-state index contributed by atoms with van der Waals surface area (Å²) >= 11 is 0. The SMILES string of the molecule is CC1OCCC1(O)CNS(=O)(=O)NC1CC1.